The minimum Gasteiger partial charge on any atom is -0.462 e. The number of carbonyl (C=O) groups is 2. The van der Waals surface area contributed by atoms with Crippen LogP contribution in [0.3, 0.4) is 0 Å². The van der Waals surface area contributed by atoms with Gasteiger partial charge in [0.2, 0.25) is 0 Å². The third-order valence-corrected chi connectivity index (χ3v) is 13.7. The molecule has 206 valence electrons. The number of nitrogens with zero attached hydrogens (tertiary/aromatic N) is 2. The minimum absolute atomic E-state index is 0.149. The lowest BCUT2D eigenvalue weighted by atomic mass is 9.97. The van der Waals surface area contributed by atoms with Crippen LogP contribution in [0.2, 0.25) is 0 Å². The topological polar surface area (TPSA) is 59.1 Å². The van der Waals surface area contributed by atoms with Gasteiger partial charge in [-0.05, 0) is 56.2 Å². The summed E-state index contributed by atoms with van der Waals surface area (Å²) < 4.78 is 10.4. The average Bonchev–Trinajstić information content (AvgIpc) is 3.45. The van der Waals surface area contributed by atoms with Crippen molar-refractivity contribution in [2.24, 2.45) is 5.92 Å². The number of allylic oxidation sites excluding steroid dienone is 2. The van der Waals surface area contributed by atoms with Gasteiger partial charge >= 0.3 is 11.9 Å². The van der Waals surface area contributed by atoms with E-state index in [0.717, 1.165) is 49.1 Å². The van der Waals surface area contributed by atoms with Crippen molar-refractivity contribution in [2.75, 3.05) is 57.7 Å². The fraction of sp³-hybridized carbons (Fsp3) is 0.613. The molecule has 0 aliphatic carbocycles. The Morgan fingerprint density at radius 2 is 1.79 bits per heavy atom. The molecule has 1 spiro atoms. The molecule has 3 saturated heterocycles. The molecule has 0 bridgehead atoms. The molecule has 1 aromatic carbocycles. The highest BCUT2D eigenvalue weighted by Crippen LogP contribution is 2.63. The number of hydrogen-bond donors (Lipinski definition) is 0. The maximum Gasteiger partial charge on any atom is 0.338 e. The van der Waals surface area contributed by atoms with E-state index in [1.165, 1.54) is 67.5 Å². The van der Waals surface area contributed by atoms with Crippen LogP contribution in [0.25, 0.3) is 0 Å². The first-order valence-electron chi connectivity index (χ1n) is 14.5. The molecule has 3 fully saturated rings. The van der Waals surface area contributed by atoms with Crippen molar-refractivity contribution in [3.05, 3.63) is 57.7 Å². The zero-order chi connectivity index (χ0) is 26.7. The van der Waals surface area contributed by atoms with Crippen LogP contribution in [0.1, 0.15) is 66.6 Å². The second-order valence-electron chi connectivity index (χ2n) is 11.8. The number of esters is 2. The number of cyclic esters (lactones) is 2. The van der Waals surface area contributed by atoms with Gasteiger partial charge in [0, 0.05) is 50.5 Å². The SMILES string of the molecule is CC/C(=C\C=C1\C(=O)OCC1C)CCN1CCC[P+]2(CCCN(CCc3ccc4c(c3C)COC4=O)C2)C1. The van der Waals surface area contributed by atoms with Crippen LogP contribution in [0.5, 0.6) is 0 Å². The van der Waals surface area contributed by atoms with E-state index >= 15 is 0 Å². The predicted molar refractivity (Wildman–Crippen MR) is 154 cm³/mol. The van der Waals surface area contributed by atoms with E-state index in [4.69, 9.17) is 9.47 Å². The highest BCUT2D eigenvalue weighted by Gasteiger charge is 2.45. The smallest absolute Gasteiger partial charge is 0.338 e. The van der Waals surface area contributed by atoms with E-state index in [-0.39, 0.29) is 17.9 Å². The van der Waals surface area contributed by atoms with Crippen molar-refractivity contribution in [3.63, 3.8) is 0 Å². The van der Waals surface area contributed by atoms with Crippen LogP contribution < -0.4 is 0 Å². The van der Waals surface area contributed by atoms with Crippen molar-refractivity contribution in [3.8, 4) is 0 Å². The fourth-order valence-electron chi connectivity index (χ4n) is 6.70. The molecule has 2 unspecified atom stereocenters. The number of ether oxygens (including phenoxy) is 2. The molecule has 6 nitrogen and oxygen atoms in total. The molecule has 4 aliphatic heterocycles. The molecule has 0 radical (unpaired) electrons. The van der Waals surface area contributed by atoms with Crippen molar-refractivity contribution in [2.45, 2.75) is 59.5 Å². The Bertz CT molecular complexity index is 1130. The largest absolute Gasteiger partial charge is 0.462 e. The standard InChI is InChI=1S/C31H44N2O4P/c1-4-25(7-9-27-23(2)19-36-30(27)34)11-15-32-13-5-17-38(21-32)18-6-14-33(22-38)16-12-26-8-10-28-29(24(26)3)20-37-31(28)35/h7-10,23H,4-6,11-22H2,1-3H3/q+1/b25-7+,27-9+. The summed E-state index contributed by atoms with van der Waals surface area (Å²) in [5.74, 6) is -0.127. The summed E-state index contributed by atoms with van der Waals surface area (Å²) in [7, 11) is -0.974. The fourth-order valence-corrected chi connectivity index (χ4v) is 11.5. The van der Waals surface area contributed by atoms with E-state index in [0.29, 0.717) is 13.2 Å². The molecule has 4 aliphatic rings. The first kappa shape index (κ1) is 27.6. The molecule has 38 heavy (non-hydrogen) atoms. The average molecular weight is 540 g/mol. The zero-order valence-corrected chi connectivity index (χ0v) is 24.4. The van der Waals surface area contributed by atoms with Crippen molar-refractivity contribution < 1.29 is 19.1 Å². The molecule has 5 rings (SSSR count). The Hall–Kier alpha value is -2.01. The molecule has 0 N–H and O–H groups in total. The predicted octanol–water partition coefficient (Wildman–Crippen LogP) is 5.40. The summed E-state index contributed by atoms with van der Waals surface area (Å²) in [6, 6.07) is 4.11. The Morgan fingerprint density at radius 3 is 2.47 bits per heavy atom. The molecule has 1 aromatic rings. The van der Waals surface area contributed by atoms with Gasteiger partial charge in [-0.3, -0.25) is 9.80 Å². The monoisotopic (exact) mass is 539 g/mol. The Morgan fingerprint density at radius 1 is 1.05 bits per heavy atom. The van der Waals surface area contributed by atoms with Gasteiger partial charge in [-0.15, -0.1) is 0 Å². The summed E-state index contributed by atoms with van der Waals surface area (Å²) in [6.07, 6.45) is 15.5. The summed E-state index contributed by atoms with van der Waals surface area (Å²) in [5.41, 5.74) is 6.69. The van der Waals surface area contributed by atoms with Crippen LogP contribution in [0.4, 0.5) is 0 Å². The van der Waals surface area contributed by atoms with Gasteiger partial charge in [-0.1, -0.05) is 37.6 Å². The summed E-state index contributed by atoms with van der Waals surface area (Å²) in [4.78, 5) is 29.3. The third kappa shape index (κ3) is 6.08. The maximum atomic E-state index is 11.9. The van der Waals surface area contributed by atoms with Gasteiger partial charge in [0.15, 0.2) is 0 Å². The summed E-state index contributed by atoms with van der Waals surface area (Å²) in [5, 5.41) is 0. The highest BCUT2D eigenvalue weighted by molar-refractivity contribution is 7.75. The lowest BCUT2D eigenvalue weighted by Gasteiger charge is -2.43. The van der Waals surface area contributed by atoms with Crippen molar-refractivity contribution in [1.29, 1.82) is 0 Å². The Kier molecular flexibility index (Phi) is 8.72. The molecule has 7 heteroatoms. The van der Waals surface area contributed by atoms with Crippen molar-refractivity contribution >= 4 is 19.2 Å². The van der Waals surface area contributed by atoms with Crippen LogP contribution in [-0.2, 0) is 27.3 Å². The molecule has 4 heterocycles. The molecular weight excluding hydrogens is 495 g/mol. The first-order valence-corrected chi connectivity index (χ1v) is 17.1. The number of hydrogen-bond acceptors (Lipinski definition) is 6. The minimum atomic E-state index is -0.974. The molecule has 0 amide bonds. The van der Waals surface area contributed by atoms with Crippen LogP contribution >= 0.6 is 7.26 Å². The molecule has 2 atom stereocenters. The van der Waals surface area contributed by atoms with Crippen LogP contribution in [0, 0.1) is 12.8 Å². The van der Waals surface area contributed by atoms with E-state index in [1.807, 2.05) is 12.1 Å². The van der Waals surface area contributed by atoms with Gasteiger partial charge in [0.25, 0.3) is 0 Å². The zero-order valence-electron chi connectivity index (χ0n) is 23.5. The maximum absolute atomic E-state index is 11.9. The lowest BCUT2D eigenvalue weighted by molar-refractivity contribution is -0.135. The van der Waals surface area contributed by atoms with E-state index in [1.54, 1.807) is 0 Å². The molecular formula is C31H44N2O4P+. The molecule has 0 aromatic heterocycles. The Balaban J connectivity index is 1.15. The highest BCUT2D eigenvalue weighted by atomic mass is 31.2. The number of fused-ring (bicyclic) bond motifs is 1. The normalized spacial score (nSPS) is 27.7. The van der Waals surface area contributed by atoms with Gasteiger partial charge in [-0.2, -0.15) is 0 Å². The molecule has 0 saturated carbocycles. The van der Waals surface area contributed by atoms with E-state index in [2.05, 4.69) is 42.7 Å². The number of carbonyl (C=O) groups excluding carboxylic acids is 2. The Labute approximate surface area is 228 Å². The van der Waals surface area contributed by atoms with E-state index < -0.39 is 7.26 Å². The van der Waals surface area contributed by atoms with Gasteiger partial charge < -0.3 is 9.47 Å². The van der Waals surface area contributed by atoms with Crippen molar-refractivity contribution in [1.82, 2.24) is 9.80 Å². The summed E-state index contributed by atoms with van der Waals surface area (Å²) >= 11 is 0. The summed E-state index contributed by atoms with van der Waals surface area (Å²) in [6.45, 7) is 12.0. The van der Waals surface area contributed by atoms with Gasteiger partial charge in [0.1, 0.15) is 19.2 Å². The van der Waals surface area contributed by atoms with Crippen LogP contribution in [0.15, 0.2) is 35.4 Å². The first-order chi connectivity index (χ1) is 18.4. The third-order valence-electron chi connectivity index (χ3n) is 9.12. The second kappa shape index (κ2) is 12.0. The van der Waals surface area contributed by atoms with Gasteiger partial charge in [0.05, 0.1) is 24.5 Å². The number of rotatable bonds is 8. The second-order valence-corrected chi connectivity index (χ2v) is 15.9. The quantitative estimate of drug-likeness (QED) is 0.251. The van der Waals surface area contributed by atoms with Gasteiger partial charge in [-0.25, -0.2) is 9.59 Å². The number of benzene rings is 1. The van der Waals surface area contributed by atoms with Crippen LogP contribution in [-0.4, -0.2) is 79.4 Å². The van der Waals surface area contributed by atoms with E-state index in [9.17, 15) is 9.59 Å². The lowest BCUT2D eigenvalue weighted by Crippen LogP contribution is -2.43.